The van der Waals surface area contributed by atoms with E-state index in [1.807, 2.05) is 62.1 Å². The lowest BCUT2D eigenvalue weighted by atomic mass is 9.86. The van der Waals surface area contributed by atoms with Crippen molar-refractivity contribution in [3.8, 4) is 5.75 Å². The van der Waals surface area contributed by atoms with Crippen LogP contribution in [-0.2, 0) is 9.59 Å². The van der Waals surface area contributed by atoms with Crippen LogP contribution in [0, 0.1) is 5.92 Å². The first-order valence-corrected chi connectivity index (χ1v) is 9.68. The van der Waals surface area contributed by atoms with Crippen molar-refractivity contribution in [3.63, 3.8) is 0 Å². The van der Waals surface area contributed by atoms with Crippen molar-refractivity contribution < 1.29 is 19.4 Å². The van der Waals surface area contributed by atoms with E-state index in [1.54, 1.807) is 19.1 Å². The van der Waals surface area contributed by atoms with Gasteiger partial charge in [0.25, 0.3) is 0 Å². The number of rotatable bonds is 8. The molecule has 0 aromatic heterocycles. The van der Waals surface area contributed by atoms with Gasteiger partial charge in [0, 0.05) is 26.2 Å². The van der Waals surface area contributed by atoms with Crippen LogP contribution in [0.15, 0.2) is 24.3 Å². The van der Waals surface area contributed by atoms with Crippen LogP contribution >= 0.6 is 0 Å². The van der Waals surface area contributed by atoms with Gasteiger partial charge in [0.15, 0.2) is 0 Å². The number of carbonyl (C=O) groups is 2. The second kappa shape index (κ2) is 8.92. The van der Waals surface area contributed by atoms with Gasteiger partial charge in [0.05, 0.1) is 13.0 Å². The number of nitrogens with zero attached hydrogens (tertiary/aromatic N) is 3. The third kappa shape index (κ3) is 4.15. The predicted molar refractivity (Wildman–Crippen MR) is 108 cm³/mol. The number of likely N-dealkylation sites (tertiary alicyclic amines) is 1. The van der Waals surface area contributed by atoms with E-state index in [0.29, 0.717) is 19.4 Å². The number of carboxylic acid groups (broad SMARTS) is 1. The first-order valence-electron chi connectivity index (χ1n) is 9.68. The summed E-state index contributed by atoms with van der Waals surface area (Å²) in [4.78, 5) is 31.1. The zero-order valence-corrected chi connectivity index (χ0v) is 17.8. The highest BCUT2D eigenvalue weighted by Gasteiger charge is 2.56. The maximum absolute atomic E-state index is 13.3. The Balaban J connectivity index is 2.40. The summed E-state index contributed by atoms with van der Waals surface area (Å²) in [7, 11) is 9.15. The molecule has 156 valence electrons. The molecule has 1 fully saturated rings. The summed E-state index contributed by atoms with van der Waals surface area (Å²) in [6, 6.07) is 7.26. The quantitative estimate of drug-likeness (QED) is 0.730. The van der Waals surface area contributed by atoms with Gasteiger partial charge in [-0.2, -0.15) is 0 Å². The average molecular weight is 392 g/mol. The number of carbonyl (C=O) groups excluding carboxylic acids is 1. The number of amides is 1. The standard InChI is InChI=1S/C21H33N3O4/c1-7-21(20(26)27)14-17(19(25)23(4)13-12-22(2)3)18(24(21)5)15-8-10-16(28-6)11-9-15/h8-11,17-18H,7,12-14H2,1-6H3,(H,26,27)/t17?,18?,21-/m0/s1. The first-order chi connectivity index (χ1) is 13.2. The van der Waals surface area contributed by atoms with Crippen molar-refractivity contribution in [3.05, 3.63) is 29.8 Å². The zero-order chi connectivity index (χ0) is 21.1. The molecule has 0 radical (unpaired) electrons. The van der Waals surface area contributed by atoms with Crippen LogP contribution in [0.2, 0.25) is 0 Å². The highest BCUT2D eigenvalue weighted by Crippen LogP contribution is 2.48. The summed E-state index contributed by atoms with van der Waals surface area (Å²) in [5.41, 5.74) is -0.118. The van der Waals surface area contributed by atoms with Crippen LogP contribution in [-0.4, -0.2) is 85.6 Å². The Labute approximate surface area is 167 Å². The number of aliphatic carboxylic acids is 1. The molecule has 0 spiro atoms. The highest BCUT2D eigenvalue weighted by atomic mass is 16.5. The maximum atomic E-state index is 13.3. The van der Waals surface area contributed by atoms with Crippen LogP contribution in [0.25, 0.3) is 0 Å². The summed E-state index contributed by atoms with van der Waals surface area (Å²) >= 11 is 0. The Kier molecular flexibility index (Phi) is 7.06. The molecule has 1 aromatic rings. The Hall–Kier alpha value is -2.12. The summed E-state index contributed by atoms with van der Waals surface area (Å²) in [5.74, 6) is -0.565. The van der Waals surface area contributed by atoms with E-state index in [1.165, 1.54) is 0 Å². The molecule has 1 aliphatic rings. The molecule has 0 aliphatic carbocycles. The smallest absolute Gasteiger partial charge is 0.324 e. The molecule has 1 aromatic carbocycles. The van der Waals surface area contributed by atoms with Gasteiger partial charge >= 0.3 is 5.97 Å². The van der Waals surface area contributed by atoms with Gasteiger partial charge in [-0.1, -0.05) is 19.1 Å². The molecule has 3 atom stereocenters. The second-order valence-corrected chi connectivity index (χ2v) is 7.89. The normalized spacial score (nSPS) is 25.1. The molecule has 0 saturated carbocycles. The average Bonchev–Trinajstić information content (AvgIpc) is 2.99. The molecule has 0 bridgehead atoms. The minimum Gasteiger partial charge on any atom is -0.497 e. The molecule has 1 heterocycles. The van der Waals surface area contributed by atoms with Gasteiger partial charge in [-0.3, -0.25) is 14.5 Å². The lowest BCUT2D eigenvalue weighted by Crippen LogP contribution is -2.48. The Morgan fingerprint density at radius 2 is 1.82 bits per heavy atom. The number of likely N-dealkylation sites (N-methyl/N-ethyl adjacent to an activating group) is 3. The number of carboxylic acids is 1. The lowest BCUT2D eigenvalue weighted by molar-refractivity contribution is -0.150. The molecule has 7 heteroatoms. The first kappa shape index (κ1) is 22.2. The van der Waals surface area contributed by atoms with Gasteiger partial charge in [-0.15, -0.1) is 0 Å². The Morgan fingerprint density at radius 1 is 1.21 bits per heavy atom. The van der Waals surface area contributed by atoms with Crippen molar-refractivity contribution in [2.75, 3.05) is 48.4 Å². The van der Waals surface area contributed by atoms with Crippen LogP contribution < -0.4 is 4.74 Å². The van der Waals surface area contributed by atoms with Crippen LogP contribution in [0.1, 0.15) is 31.4 Å². The van der Waals surface area contributed by atoms with Crippen molar-refractivity contribution >= 4 is 11.9 Å². The van der Waals surface area contributed by atoms with Crippen LogP contribution in [0.4, 0.5) is 0 Å². The van der Waals surface area contributed by atoms with E-state index in [2.05, 4.69) is 0 Å². The minimum absolute atomic E-state index is 0.00825. The van der Waals surface area contributed by atoms with E-state index < -0.39 is 17.4 Å². The van der Waals surface area contributed by atoms with Crippen molar-refractivity contribution in [1.29, 1.82) is 0 Å². The molecule has 2 unspecified atom stereocenters. The minimum atomic E-state index is -1.05. The molecule has 28 heavy (non-hydrogen) atoms. The number of hydrogen-bond donors (Lipinski definition) is 1. The Morgan fingerprint density at radius 3 is 2.29 bits per heavy atom. The number of methoxy groups -OCH3 is 1. The molecule has 7 nitrogen and oxygen atoms in total. The fourth-order valence-electron chi connectivity index (χ4n) is 4.16. The van der Waals surface area contributed by atoms with Gasteiger partial charge in [-0.05, 0) is 51.7 Å². The second-order valence-electron chi connectivity index (χ2n) is 7.89. The van der Waals surface area contributed by atoms with E-state index in [0.717, 1.165) is 17.9 Å². The largest absolute Gasteiger partial charge is 0.497 e. The molecule has 1 amide bonds. The molecular formula is C21H33N3O4. The monoisotopic (exact) mass is 391 g/mol. The topological polar surface area (TPSA) is 73.3 Å². The molecule has 1 saturated heterocycles. The van der Waals surface area contributed by atoms with Gasteiger partial charge < -0.3 is 19.6 Å². The van der Waals surface area contributed by atoms with Gasteiger partial charge in [0.1, 0.15) is 11.3 Å². The van der Waals surface area contributed by atoms with E-state index in [9.17, 15) is 14.7 Å². The van der Waals surface area contributed by atoms with Crippen molar-refractivity contribution in [2.45, 2.75) is 31.3 Å². The fourth-order valence-corrected chi connectivity index (χ4v) is 4.16. The predicted octanol–water partition coefficient (Wildman–Crippen LogP) is 1.94. The highest BCUT2D eigenvalue weighted by molar-refractivity contribution is 5.85. The van der Waals surface area contributed by atoms with Crippen molar-refractivity contribution in [2.24, 2.45) is 5.92 Å². The van der Waals surface area contributed by atoms with E-state index in [4.69, 9.17) is 4.74 Å². The van der Waals surface area contributed by atoms with Gasteiger partial charge in [0.2, 0.25) is 5.91 Å². The molecule has 1 N–H and O–H groups in total. The Bertz CT molecular complexity index is 691. The summed E-state index contributed by atoms with van der Waals surface area (Å²) in [6.07, 6.45) is 0.744. The molecule has 1 aliphatic heterocycles. The maximum Gasteiger partial charge on any atom is 0.324 e. The van der Waals surface area contributed by atoms with Crippen LogP contribution in [0.3, 0.4) is 0 Å². The van der Waals surface area contributed by atoms with Crippen LogP contribution in [0.5, 0.6) is 5.75 Å². The number of hydrogen-bond acceptors (Lipinski definition) is 5. The van der Waals surface area contributed by atoms with Gasteiger partial charge in [-0.25, -0.2) is 0 Å². The summed E-state index contributed by atoms with van der Waals surface area (Å²) in [5, 5.41) is 10.0. The third-order valence-electron chi connectivity index (χ3n) is 6.05. The van der Waals surface area contributed by atoms with E-state index in [-0.39, 0.29) is 11.9 Å². The zero-order valence-electron chi connectivity index (χ0n) is 17.8. The summed E-state index contributed by atoms with van der Waals surface area (Å²) < 4.78 is 5.24. The fraction of sp³-hybridized carbons (Fsp3) is 0.619. The molecular weight excluding hydrogens is 358 g/mol. The third-order valence-corrected chi connectivity index (χ3v) is 6.05. The number of ether oxygens (including phenoxy) is 1. The molecule has 2 rings (SSSR count). The van der Waals surface area contributed by atoms with Crippen molar-refractivity contribution in [1.82, 2.24) is 14.7 Å². The SMILES string of the molecule is CC[C@@]1(C(=O)O)CC(C(=O)N(C)CCN(C)C)C(c2ccc(OC)cc2)N1C. The van der Waals surface area contributed by atoms with E-state index >= 15 is 0 Å². The summed E-state index contributed by atoms with van der Waals surface area (Å²) in [6.45, 7) is 3.24. The number of benzene rings is 1. The lowest BCUT2D eigenvalue weighted by Gasteiger charge is -2.34.